The number of piperidine rings is 1. The van der Waals surface area contributed by atoms with Crippen molar-refractivity contribution in [1.29, 1.82) is 0 Å². The highest BCUT2D eigenvalue weighted by atomic mass is 16.5. The zero-order valence-electron chi connectivity index (χ0n) is 25.5. The molecule has 2 aromatic rings. The number of para-hydroxylation sites is 2. The SMILES string of the molecule is Cc1cccc2c1N(C(=O)COc1ccccc1)CCCN(C(C)C)CCN(C(=O)C1CCN(CCC(N)=O)CC1)C2. The second kappa shape index (κ2) is 15.2. The third kappa shape index (κ3) is 8.55. The highest BCUT2D eigenvalue weighted by molar-refractivity contribution is 5.96. The number of ether oxygens (including phenoxy) is 1. The Bertz CT molecular complexity index is 1200. The monoisotopic (exact) mass is 577 g/mol. The minimum atomic E-state index is -0.292. The van der Waals surface area contributed by atoms with Crippen LogP contribution in [0.4, 0.5) is 5.69 Å². The largest absolute Gasteiger partial charge is 0.484 e. The minimum absolute atomic E-state index is 0.0529. The average molecular weight is 578 g/mol. The molecule has 0 aromatic heterocycles. The van der Waals surface area contributed by atoms with E-state index in [4.69, 9.17) is 10.5 Å². The summed E-state index contributed by atoms with van der Waals surface area (Å²) < 4.78 is 5.87. The summed E-state index contributed by atoms with van der Waals surface area (Å²) >= 11 is 0. The smallest absolute Gasteiger partial charge is 0.264 e. The summed E-state index contributed by atoms with van der Waals surface area (Å²) in [7, 11) is 0. The van der Waals surface area contributed by atoms with Crippen molar-refractivity contribution in [3.05, 3.63) is 59.7 Å². The lowest BCUT2D eigenvalue weighted by Crippen LogP contribution is -2.46. The van der Waals surface area contributed by atoms with Crippen molar-refractivity contribution in [2.45, 2.75) is 59.0 Å². The summed E-state index contributed by atoms with van der Waals surface area (Å²) in [6.45, 7) is 11.9. The van der Waals surface area contributed by atoms with Gasteiger partial charge in [-0.3, -0.25) is 19.3 Å². The maximum absolute atomic E-state index is 14.0. The highest BCUT2D eigenvalue weighted by Crippen LogP contribution is 2.29. The Hall–Kier alpha value is -3.43. The molecule has 4 rings (SSSR count). The number of hydrogen-bond donors (Lipinski definition) is 1. The number of benzene rings is 2. The molecule has 2 aromatic carbocycles. The van der Waals surface area contributed by atoms with Crippen molar-refractivity contribution >= 4 is 23.4 Å². The van der Waals surface area contributed by atoms with Gasteiger partial charge in [-0.15, -0.1) is 0 Å². The van der Waals surface area contributed by atoms with Crippen LogP contribution in [-0.4, -0.2) is 90.9 Å². The zero-order chi connectivity index (χ0) is 30.1. The van der Waals surface area contributed by atoms with E-state index in [0.717, 1.165) is 62.3 Å². The van der Waals surface area contributed by atoms with Crippen molar-refractivity contribution < 1.29 is 19.1 Å². The number of hydrogen-bond acceptors (Lipinski definition) is 6. The first-order valence-electron chi connectivity index (χ1n) is 15.3. The number of nitrogens with zero attached hydrogens (tertiary/aromatic N) is 4. The summed E-state index contributed by atoms with van der Waals surface area (Å²) in [6.07, 6.45) is 2.70. The highest BCUT2D eigenvalue weighted by Gasteiger charge is 2.31. The van der Waals surface area contributed by atoms with Crippen molar-refractivity contribution in [1.82, 2.24) is 14.7 Å². The molecule has 9 nitrogen and oxygen atoms in total. The first-order chi connectivity index (χ1) is 20.2. The molecule has 3 amide bonds. The number of amides is 3. The number of likely N-dealkylation sites (tertiary alicyclic amines) is 1. The van der Waals surface area contributed by atoms with Gasteiger partial charge in [-0.2, -0.15) is 0 Å². The van der Waals surface area contributed by atoms with Crippen molar-refractivity contribution in [2.24, 2.45) is 11.7 Å². The van der Waals surface area contributed by atoms with E-state index < -0.39 is 0 Å². The van der Waals surface area contributed by atoms with Crippen LogP contribution in [0.2, 0.25) is 0 Å². The first kappa shape index (κ1) is 31.5. The number of carbonyl (C=O) groups excluding carboxylic acids is 3. The molecule has 0 unspecified atom stereocenters. The Labute approximate surface area is 250 Å². The molecule has 0 bridgehead atoms. The standard InChI is InChI=1S/C33H47N5O4/c1-25(2)36-16-8-17-38(31(40)24-42-29-11-5-4-6-12-29)32-26(3)9-7-10-28(32)23-37(22-21-36)33(41)27-13-18-35(19-14-27)20-15-30(34)39/h4-7,9-12,25,27H,8,13-24H2,1-3H3,(H2,34,39). The summed E-state index contributed by atoms with van der Waals surface area (Å²) in [5.74, 6) is 0.394. The van der Waals surface area contributed by atoms with E-state index in [1.807, 2.05) is 65.3 Å². The third-order valence-corrected chi connectivity index (χ3v) is 8.50. The second-order valence-electron chi connectivity index (χ2n) is 11.8. The van der Waals surface area contributed by atoms with E-state index in [-0.39, 0.29) is 30.2 Å². The number of carbonyl (C=O) groups is 3. The van der Waals surface area contributed by atoms with Gasteiger partial charge in [0.05, 0.1) is 5.69 Å². The van der Waals surface area contributed by atoms with Crippen LogP contribution in [0, 0.1) is 12.8 Å². The van der Waals surface area contributed by atoms with E-state index in [2.05, 4.69) is 23.6 Å². The number of primary amides is 1. The fraction of sp³-hybridized carbons (Fsp3) is 0.545. The molecule has 0 saturated carbocycles. The molecule has 0 radical (unpaired) electrons. The van der Waals surface area contributed by atoms with Gasteiger partial charge < -0.3 is 25.2 Å². The van der Waals surface area contributed by atoms with Gasteiger partial charge in [0.15, 0.2) is 6.61 Å². The number of anilines is 1. The quantitative estimate of drug-likeness (QED) is 0.516. The van der Waals surface area contributed by atoms with Gasteiger partial charge in [-0.05, 0) is 76.4 Å². The summed E-state index contributed by atoms with van der Waals surface area (Å²) in [6, 6.07) is 15.8. The van der Waals surface area contributed by atoms with Gasteiger partial charge >= 0.3 is 0 Å². The molecule has 0 aliphatic carbocycles. The topological polar surface area (TPSA) is 99.4 Å². The van der Waals surface area contributed by atoms with Crippen LogP contribution in [0.25, 0.3) is 0 Å². The maximum atomic E-state index is 14.0. The number of rotatable bonds is 8. The van der Waals surface area contributed by atoms with Crippen LogP contribution in [-0.2, 0) is 20.9 Å². The number of aryl methyl sites for hydroxylation is 1. The van der Waals surface area contributed by atoms with E-state index >= 15 is 0 Å². The molecule has 2 aliphatic heterocycles. The van der Waals surface area contributed by atoms with E-state index in [0.29, 0.717) is 44.4 Å². The molecular formula is C33H47N5O4. The van der Waals surface area contributed by atoms with Gasteiger partial charge in [0.2, 0.25) is 11.8 Å². The molecule has 0 atom stereocenters. The van der Waals surface area contributed by atoms with E-state index in [1.54, 1.807) is 0 Å². The van der Waals surface area contributed by atoms with Crippen LogP contribution in [0.15, 0.2) is 48.5 Å². The molecule has 228 valence electrons. The van der Waals surface area contributed by atoms with Crippen LogP contribution >= 0.6 is 0 Å². The molecule has 2 N–H and O–H groups in total. The first-order valence-corrected chi connectivity index (χ1v) is 15.3. The Morgan fingerprint density at radius 2 is 1.67 bits per heavy atom. The molecule has 0 spiro atoms. The van der Waals surface area contributed by atoms with Gasteiger partial charge in [0, 0.05) is 57.6 Å². The summed E-state index contributed by atoms with van der Waals surface area (Å²) in [5, 5.41) is 0. The summed E-state index contributed by atoms with van der Waals surface area (Å²) in [4.78, 5) is 47.5. The van der Waals surface area contributed by atoms with Crippen molar-refractivity contribution in [3.8, 4) is 5.75 Å². The molecule has 1 saturated heterocycles. The lowest BCUT2D eigenvalue weighted by atomic mass is 9.94. The van der Waals surface area contributed by atoms with Gasteiger partial charge in [0.25, 0.3) is 5.91 Å². The van der Waals surface area contributed by atoms with Gasteiger partial charge in [-0.25, -0.2) is 0 Å². The van der Waals surface area contributed by atoms with Crippen molar-refractivity contribution in [2.75, 3.05) is 57.3 Å². The van der Waals surface area contributed by atoms with Crippen molar-refractivity contribution in [3.63, 3.8) is 0 Å². The molecular weight excluding hydrogens is 530 g/mol. The van der Waals surface area contributed by atoms with Crippen LogP contribution in [0.1, 0.15) is 50.7 Å². The third-order valence-electron chi connectivity index (χ3n) is 8.50. The minimum Gasteiger partial charge on any atom is -0.484 e. The average Bonchev–Trinajstić information content (AvgIpc) is 3.02. The Balaban J connectivity index is 1.56. The van der Waals surface area contributed by atoms with Gasteiger partial charge in [0.1, 0.15) is 5.75 Å². The fourth-order valence-corrected chi connectivity index (χ4v) is 6.05. The van der Waals surface area contributed by atoms with E-state index in [9.17, 15) is 14.4 Å². The summed E-state index contributed by atoms with van der Waals surface area (Å²) in [5.41, 5.74) is 8.21. The molecule has 2 aliphatic rings. The number of fused-ring (bicyclic) bond motifs is 1. The molecule has 42 heavy (non-hydrogen) atoms. The fourth-order valence-electron chi connectivity index (χ4n) is 6.05. The second-order valence-corrected chi connectivity index (χ2v) is 11.8. The predicted octanol–water partition coefficient (Wildman–Crippen LogP) is 3.44. The van der Waals surface area contributed by atoms with Crippen LogP contribution in [0.5, 0.6) is 5.75 Å². The Morgan fingerprint density at radius 1 is 0.929 bits per heavy atom. The lowest BCUT2D eigenvalue weighted by molar-refractivity contribution is -0.138. The molecule has 1 fully saturated rings. The molecule has 2 heterocycles. The van der Waals surface area contributed by atoms with Crippen LogP contribution in [0.3, 0.4) is 0 Å². The lowest BCUT2D eigenvalue weighted by Gasteiger charge is -2.35. The molecule has 9 heteroatoms. The Kier molecular flexibility index (Phi) is 11.4. The maximum Gasteiger partial charge on any atom is 0.264 e. The van der Waals surface area contributed by atoms with E-state index in [1.165, 1.54) is 0 Å². The zero-order valence-corrected chi connectivity index (χ0v) is 25.5. The van der Waals surface area contributed by atoms with Gasteiger partial charge in [-0.1, -0.05) is 36.4 Å². The number of nitrogens with two attached hydrogens (primary N) is 1. The normalized spacial score (nSPS) is 17.9. The van der Waals surface area contributed by atoms with Crippen LogP contribution < -0.4 is 15.4 Å². The predicted molar refractivity (Wildman–Crippen MR) is 165 cm³/mol. The Morgan fingerprint density at radius 3 is 2.36 bits per heavy atom.